The van der Waals surface area contributed by atoms with E-state index in [0.717, 1.165) is 29.3 Å². The van der Waals surface area contributed by atoms with Crippen LogP contribution in [0.4, 0.5) is 0 Å². The summed E-state index contributed by atoms with van der Waals surface area (Å²) in [5.41, 5.74) is 1.89. The number of H-pyrrole nitrogens is 1. The molecule has 3 rings (SSSR count). The summed E-state index contributed by atoms with van der Waals surface area (Å²) in [6.07, 6.45) is 4.12. The number of nitrogens with zero attached hydrogens (tertiary/aromatic N) is 3. The molecule has 1 fully saturated rings. The first-order valence-electron chi connectivity index (χ1n) is 6.76. The molecule has 2 aromatic heterocycles. The summed E-state index contributed by atoms with van der Waals surface area (Å²) < 4.78 is 0. The molecule has 4 heteroatoms. The van der Waals surface area contributed by atoms with Gasteiger partial charge >= 0.3 is 0 Å². The lowest BCUT2D eigenvalue weighted by Gasteiger charge is -2.19. The number of rotatable bonds is 3. The highest BCUT2D eigenvalue weighted by molar-refractivity contribution is 5.69. The molecule has 0 aromatic carbocycles. The van der Waals surface area contributed by atoms with Crippen molar-refractivity contribution in [1.29, 1.82) is 0 Å². The van der Waals surface area contributed by atoms with Gasteiger partial charge in [0.2, 0.25) is 0 Å². The van der Waals surface area contributed by atoms with E-state index in [1.54, 1.807) is 6.20 Å². The van der Waals surface area contributed by atoms with E-state index in [-0.39, 0.29) is 0 Å². The van der Waals surface area contributed by atoms with Crippen LogP contribution in [0.5, 0.6) is 0 Å². The van der Waals surface area contributed by atoms with Crippen LogP contribution in [0.15, 0.2) is 18.3 Å². The molecular formula is C14H20N4. The molecule has 1 aliphatic rings. The molecule has 1 saturated heterocycles. The van der Waals surface area contributed by atoms with E-state index in [9.17, 15) is 0 Å². The fraction of sp³-hybridized carbons (Fsp3) is 0.571. The van der Waals surface area contributed by atoms with Gasteiger partial charge in [0.25, 0.3) is 0 Å². The highest BCUT2D eigenvalue weighted by Gasteiger charge is 2.25. The lowest BCUT2D eigenvalue weighted by atomic mass is 10.1. The molecule has 0 bridgehead atoms. The monoisotopic (exact) mass is 244 g/mol. The van der Waals surface area contributed by atoms with Gasteiger partial charge in [-0.1, -0.05) is 0 Å². The molecule has 0 amide bonds. The second kappa shape index (κ2) is 4.69. The van der Waals surface area contributed by atoms with E-state index in [1.165, 1.54) is 19.5 Å². The van der Waals surface area contributed by atoms with Crippen LogP contribution in [-0.4, -0.2) is 39.0 Å². The molecule has 96 valence electrons. The number of hydrogen-bond donors (Lipinski definition) is 1. The Bertz CT molecular complexity index is 498. The molecule has 4 nitrogen and oxygen atoms in total. The van der Waals surface area contributed by atoms with Crippen molar-refractivity contribution in [3.8, 4) is 0 Å². The van der Waals surface area contributed by atoms with Crippen molar-refractivity contribution in [3.63, 3.8) is 0 Å². The summed E-state index contributed by atoms with van der Waals surface area (Å²) in [6, 6.07) is 4.64. The molecule has 0 radical (unpaired) electrons. The van der Waals surface area contributed by atoms with Gasteiger partial charge in [0.15, 0.2) is 5.65 Å². The molecule has 0 saturated carbocycles. The molecule has 2 aromatic rings. The van der Waals surface area contributed by atoms with Gasteiger partial charge in [-0.2, -0.15) is 0 Å². The van der Waals surface area contributed by atoms with Crippen molar-refractivity contribution in [3.05, 3.63) is 24.2 Å². The van der Waals surface area contributed by atoms with Crippen molar-refractivity contribution < 1.29 is 0 Å². The number of imidazole rings is 1. The number of aromatic nitrogens is 3. The standard InChI is InChI=1S/C14H20N4/c1-10(2)18-7-5-11(9-18)8-13-16-12-4-3-6-15-14(12)17-13/h3-4,6,10-11H,5,7-9H2,1-2H3,(H,15,16,17). The highest BCUT2D eigenvalue weighted by atomic mass is 15.2. The number of hydrogen-bond acceptors (Lipinski definition) is 3. The summed E-state index contributed by atoms with van der Waals surface area (Å²) in [5.74, 6) is 1.81. The van der Waals surface area contributed by atoms with E-state index < -0.39 is 0 Å². The Labute approximate surface area is 107 Å². The Morgan fingerprint density at radius 2 is 2.39 bits per heavy atom. The summed E-state index contributed by atoms with van der Waals surface area (Å²) in [6.45, 7) is 6.96. The number of likely N-dealkylation sites (tertiary alicyclic amines) is 1. The number of pyridine rings is 1. The number of aromatic amines is 1. The third kappa shape index (κ3) is 2.25. The van der Waals surface area contributed by atoms with E-state index in [0.29, 0.717) is 6.04 Å². The first-order valence-corrected chi connectivity index (χ1v) is 6.76. The molecule has 1 aliphatic heterocycles. The van der Waals surface area contributed by atoms with Crippen LogP contribution in [0.2, 0.25) is 0 Å². The van der Waals surface area contributed by atoms with Gasteiger partial charge in [-0.3, -0.25) is 0 Å². The molecule has 3 heterocycles. The Kier molecular flexibility index (Phi) is 3.04. The minimum absolute atomic E-state index is 0.660. The van der Waals surface area contributed by atoms with Crippen molar-refractivity contribution in [2.24, 2.45) is 5.92 Å². The molecule has 18 heavy (non-hydrogen) atoms. The van der Waals surface area contributed by atoms with E-state index >= 15 is 0 Å². The van der Waals surface area contributed by atoms with E-state index in [4.69, 9.17) is 0 Å². The fourth-order valence-corrected chi connectivity index (χ4v) is 2.76. The zero-order valence-electron chi connectivity index (χ0n) is 11.1. The highest BCUT2D eigenvalue weighted by Crippen LogP contribution is 2.22. The largest absolute Gasteiger partial charge is 0.341 e. The maximum atomic E-state index is 4.56. The average Bonchev–Trinajstić information content (AvgIpc) is 2.94. The third-order valence-corrected chi connectivity index (χ3v) is 3.84. The predicted octanol–water partition coefficient (Wildman–Crippen LogP) is 2.23. The zero-order chi connectivity index (χ0) is 12.5. The van der Waals surface area contributed by atoms with Crippen LogP contribution in [0.25, 0.3) is 11.2 Å². The van der Waals surface area contributed by atoms with Gasteiger partial charge in [-0.15, -0.1) is 0 Å². The smallest absolute Gasteiger partial charge is 0.177 e. The topological polar surface area (TPSA) is 44.8 Å². The molecular weight excluding hydrogens is 224 g/mol. The van der Waals surface area contributed by atoms with Crippen molar-refractivity contribution in [2.75, 3.05) is 13.1 Å². The Balaban J connectivity index is 1.70. The molecule has 1 atom stereocenters. The number of nitrogens with one attached hydrogen (secondary N) is 1. The Hall–Kier alpha value is -1.42. The minimum Gasteiger partial charge on any atom is -0.341 e. The summed E-state index contributed by atoms with van der Waals surface area (Å²) >= 11 is 0. The van der Waals surface area contributed by atoms with Crippen LogP contribution >= 0.6 is 0 Å². The van der Waals surface area contributed by atoms with Crippen LogP contribution in [-0.2, 0) is 6.42 Å². The Morgan fingerprint density at radius 3 is 3.11 bits per heavy atom. The van der Waals surface area contributed by atoms with Crippen LogP contribution < -0.4 is 0 Å². The van der Waals surface area contributed by atoms with Gasteiger partial charge in [0, 0.05) is 25.2 Å². The maximum absolute atomic E-state index is 4.56. The third-order valence-electron chi connectivity index (χ3n) is 3.84. The molecule has 0 spiro atoms. The van der Waals surface area contributed by atoms with Crippen LogP contribution in [0.3, 0.4) is 0 Å². The molecule has 1 unspecified atom stereocenters. The SMILES string of the molecule is CC(C)N1CCC(Cc2nc3ncccc3[nH]2)C1. The predicted molar refractivity (Wildman–Crippen MR) is 72.4 cm³/mol. The summed E-state index contributed by atoms with van der Waals surface area (Å²) in [4.78, 5) is 14.7. The van der Waals surface area contributed by atoms with E-state index in [2.05, 4.69) is 33.7 Å². The molecule has 1 N–H and O–H groups in total. The van der Waals surface area contributed by atoms with Crippen LogP contribution in [0.1, 0.15) is 26.1 Å². The lowest BCUT2D eigenvalue weighted by Crippen LogP contribution is -2.28. The normalized spacial score (nSPS) is 21.2. The lowest BCUT2D eigenvalue weighted by molar-refractivity contribution is 0.264. The first-order chi connectivity index (χ1) is 8.72. The average molecular weight is 244 g/mol. The van der Waals surface area contributed by atoms with Gasteiger partial charge in [-0.05, 0) is 44.9 Å². The van der Waals surface area contributed by atoms with Crippen molar-refractivity contribution in [2.45, 2.75) is 32.7 Å². The summed E-state index contributed by atoms with van der Waals surface area (Å²) in [7, 11) is 0. The first kappa shape index (κ1) is 11.7. The maximum Gasteiger partial charge on any atom is 0.177 e. The molecule has 0 aliphatic carbocycles. The second-order valence-electron chi connectivity index (χ2n) is 5.51. The van der Waals surface area contributed by atoms with Gasteiger partial charge < -0.3 is 9.88 Å². The van der Waals surface area contributed by atoms with Gasteiger partial charge in [-0.25, -0.2) is 9.97 Å². The van der Waals surface area contributed by atoms with Gasteiger partial charge in [0.1, 0.15) is 5.82 Å². The minimum atomic E-state index is 0.660. The second-order valence-corrected chi connectivity index (χ2v) is 5.51. The summed E-state index contributed by atoms with van der Waals surface area (Å²) in [5, 5.41) is 0. The quantitative estimate of drug-likeness (QED) is 0.900. The fourth-order valence-electron chi connectivity index (χ4n) is 2.76. The zero-order valence-corrected chi connectivity index (χ0v) is 11.1. The van der Waals surface area contributed by atoms with Crippen molar-refractivity contribution >= 4 is 11.2 Å². The van der Waals surface area contributed by atoms with E-state index in [1.807, 2.05) is 12.1 Å². The Morgan fingerprint density at radius 1 is 1.50 bits per heavy atom. The number of fused-ring (bicyclic) bond motifs is 1. The van der Waals surface area contributed by atoms with Crippen molar-refractivity contribution in [1.82, 2.24) is 19.9 Å². The van der Waals surface area contributed by atoms with Gasteiger partial charge in [0.05, 0.1) is 5.52 Å². The van der Waals surface area contributed by atoms with Crippen LogP contribution in [0, 0.1) is 5.92 Å².